The molecule has 0 radical (unpaired) electrons. The fraction of sp³-hybridized carbons (Fsp3) is 0.625. The Morgan fingerprint density at radius 2 is 1.83 bits per heavy atom. The molecule has 1 aromatic heterocycles. The maximum atomic E-state index is 13.6. The van der Waals surface area contributed by atoms with E-state index >= 15 is 0 Å². The van der Waals surface area contributed by atoms with Crippen molar-refractivity contribution in [2.75, 3.05) is 37.7 Å². The topological polar surface area (TPSA) is 96.1 Å². The summed E-state index contributed by atoms with van der Waals surface area (Å²) in [4.78, 5) is 33.7. The van der Waals surface area contributed by atoms with E-state index in [1.165, 1.54) is 0 Å². The van der Waals surface area contributed by atoms with Crippen LogP contribution in [0.4, 0.5) is 5.69 Å². The molecule has 3 fully saturated rings. The van der Waals surface area contributed by atoms with Crippen molar-refractivity contribution in [3.8, 4) is 5.75 Å². The highest BCUT2D eigenvalue weighted by molar-refractivity contribution is 6.36. The van der Waals surface area contributed by atoms with Gasteiger partial charge in [0.2, 0.25) is 0 Å². The van der Waals surface area contributed by atoms with Gasteiger partial charge >= 0.3 is 0 Å². The van der Waals surface area contributed by atoms with Crippen molar-refractivity contribution >= 4 is 23.2 Å². The first-order valence-electron chi connectivity index (χ1n) is 15.3. The smallest absolute Gasteiger partial charge is 0.253 e. The van der Waals surface area contributed by atoms with Gasteiger partial charge < -0.3 is 29.4 Å². The molecule has 1 saturated carbocycles. The molecule has 3 heterocycles. The molecule has 9 nitrogen and oxygen atoms in total. The van der Waals surface area contributed by atoms with E-state index in [0.29, 0.717) is 41.2 Å². The number of aryl methyl sites for hydroxylation is 2. The number of amides is 1. The molecular formula is C32H45ClN4O5. The quantitative estimate of drug-likeness (QED) is 0.434. The van der Waals surface area contributed by atoms with Gasteiger partial charge in [0.05, 0.1) is 28.5 Å². The van der Waals surface area contributed by atoms with Gasteiger partial charge in [-0.15, -0.1) is 0 Å². The fourth-order valence-electron chi connectivity index (χ4n) is 6.65. The molecule has 0 spiro atoms. The molecule has 2 N–H and O–H groups in total. The molecule has 230 valence electrons. The molecule has 0 unspecified atom stereocenters. The van der Waals surface area contributed by atoms with Gasteiger partial charge in [0, 0.05) is 81.6 Å². The van der Waals surface area contributed by atoms with Crippen molar-refractivity contribution < 1.29 is 19.0 Å². The zero-order chi connectivity index (χ0) is 30.0. The standard InChI is InChI=1S/C32H45ClN4O5/c1-6-37(23-7-9-40-10-8-23)29-15-26(42-25-12-24(13-25)36-17-21(4)41-22(5)18-36)14-27(30(29)33)31(38)34-16-28-19(2)11-20(3)35-32(28)39/h11,14-15,21-25H,6-10,12-13,16-18H2,1-5H3,(H,34,38)(H,35,39)/t21-,22+,24-,25-. The number of rotatable bonds is 9. The Bertz CT molecular complexity index is 1310. The molecule has 2 aromatic rings. The van der Waals surface area contributed by atoms with E-state index in [2.05, 4.69) is 40.9 Å². The molecule has 1 aliphatic carbocycles. The summed E-state index contributed by atoms with van der Waals surface area (Å²) in [6.45, 7) is 14.2. The summed E-state index contributed by atoms with van der Waals surface area (Å²) in [6, 6.07) is 6.37. The molecule has 0 bridgehead atoms. The lowest BCUT2D eigenvalue weighted by molar-refractivity contribution is -0.103. The van der Waals surface area contributed by atoms with Gasteiger partial charge in [-0.05, 0) is 65.2 Å². The number of ether oxygens (including phenoxy) is 3. The number of carbonyl (C=O) groups excluding carboxylic acids is 1. The monoisotopic (exact) mass is 600 g/mol. The van der Waals surface area contributed by atoms with Crippen LogP contribution in [0.15, 0.2) is 23.0 Å². The SMILES string of the molecule is CCN(c1cc(O[C@H]2C[C@H](N3C[C@@H](C)O[C@@H](C)C3)C2)cc(C(=O)NCc2c(C)cc(C)[nH]c2=O)c1Cl)C1CCOCC1. The molecular weight excluding hydrogens is 556 g/mol. The first-order valence-corrected chi connectivity index (χ1v) is 15.7. The molecule has 10 heteroatoms. The van der Waals surface area contributed by atoms with E-state index < -0.39 is 0 Å². The molecule has 2 aliphatic heterocycles. The van der Waals surface area contributed by atoms with Crippen LogP contribution in [-0.4, -0.2) is 79.0 Å². The summed E-state index contributed by atoms with van der Waals surface area (Å²) in [7, 11) is 0. The zero-order valence-corrected chi connectivity index (χ0v) is 26.3. The summed E-state index contributed by atoms with van der Waals surface area (Å²) in [6.07, 6.45) is 4.20. The normalized spacial score (nSPS) is 25.1. The van der Waals surface area contributed by atoms with Crippen molar-refractivity contribution in [1.29, 1.82) is 0 Å². The number of aromatic amines is 1. The Morgan fingerprint density at radius 3 is 2.48 bits per heavy atom. The van der Waals surface area contributed by atoms with Crippen LogP contribution < -0.4 is 20.5 Å². The van der Waals surface area contributed by atoms with E-state index in [9.17, 15) is 9.59 Å². The number of H-pyrrole nitrogens is 1. The maximum absolute atomic E-state index is 13.6. The Kier molecular flexibility index (Phi) is 9.82. The predicted molar refractivity (Wildman–Crippen MR) is 165 cm³/mol. The lowest BCUT2D eigenvalue weighted by Gasteiger charge is -2.47. The third-order valence-electron chi connectivity index (χ3n) is 8.81. The first kappa shape index (κ1) is 30.9. The van der Waals surface area contributed by atoms with Crippen LogP contribution >= 0.6 is 11.6 Å². The Hall–Kier alpha value is -2.59. The number of benzene rings is 1. The van der Waals surface area contributed by atoms with Gasteiger partial charge in [-0.3, -0.25) is 14.5 Å². The molecule has 1 amide bonds. The van der Waals surface area contributed by atoms with Crippen molar-refractivity contribution in [3.63, 3.8) is 0 Å². The van der Waals surface area contributed by atoms with Gasteiger partial charge in [0.25, 0.3) is 11.5 Å². The third-order valence-corrected chi connectivity index (χ3v) is 9.21. The van der Waals surface area contributed by atoms with Crippen LogP contribution in [0, 0.1) is 13.8 Å². The van der Waals surface area contributed by atoms with Crippen LogP contribution in [0.5, 0.6) is 5.75 Å². The number of halogens is 1. The van der Waals surface area contributed by atoms with Crippen LogP contribution in [0.1, 0.15) is 73.6 Å². The van der Waals surface area contributed by atoms with Gasteiger partial charge in [0.15, 0.2) is 0 Å². The van der Waals surface area contributed by atoms with Crippen molar-refractivity contribution in [2.45, 2.75) is 97.2 Å². The van der Waals surface area contributed by atoms with Crippen LogP contribution in [0.2, 0.25) is 5.02 Å². The van der Waals surface area contributed by atoms with Gasteiger partial charge in [0.1, 0.15) is 11.9 Å². The number of carbonyl (C=O) groups is 1. The number of hydrogen-bond acceptors (Lipinski definition) is 7. The number of aromatic nitrogens is 1. The highest BCUT2D eigenvalue weighted by atomic mass is 35.5. The number of morpholine rings is 1. The van der Waals surface area contributed by atoms with Crippen molar-refractivity contribution in [1.82, 2.24) is 15.2 Å². The van der Waals surface area contributed by atoms with Gasteiger partial charge in [-0.2, -0.15) is 0 Å². The van der Waals surface area contributed by atoms with Crippen molar-refractivity contribution in [2.24, 2.45) is 0 Å². The van der Waals surface area contributed by atoms with Crippen LogP contribution in [0.3, 0.4) is 0 Å². The molecule has 2 atom stereocenters. The third kappa shape index (κ3) is 6.96. The average Bonchev–Trinajstić information content (AvgIpc) is 2.91. The molecule has 3 aliphatic rings. The summed E-state index contributed by atoms with van der Waals surface area (Å²) in [5.74, 6) is 0.304. The van der Waals surface area contributed by atoms with E-state index in [-0.39, 0.29) is 42.4 Å². The Labute approximate surface area is 253 Å². The second-order valence-corrected chi connectivity index (χ2v) is 12.5. The Morgan fingerprint density at radius 1 is 1.14 bits per heavy atom. The minimum absolute atomic E-state index is 0.0697. The summed E-state index contributed by atoms with van der Waals surface area (Å²) in [5.41, 5.74) is 3.10. The molecule has 2 saturated heterocycles. The number of anilines is 1. The second-order valence-electron chi connectivity index (χ2n) is 12.1. The predicted octanol–water partition coefficient (Wildman–Crippen LogP) is 4.60. The molecule has 5 rings (SSSR count). The number of pyridine rings is 1. The van der Waals surface area contributed by atoms with Gasteiger partial charge in [-0.25, -0.2) is 0 Å². The van der Waals surface area contributed by atoms with Crippen LogP contribution in [-0.2, 0) is 16.0 Å². The average molecular weight is 601 g/mol. The highest BCUT2D eigenvalue weighted by Gasteiger charge is 2.38. The van der Waals surface area contributed by atoms with E-state index in [1.807, 2.05) is 26.0 Å². The number of nitrogens with one attached hydrogen (secondary N) is 2. The summed E-state index contributed by atoms with van der Waals surface area (Å²) >= 11 is 6.99. The Balaban J connectivity index is 1.36. The first-order chi connectivity index (χ1) is 20.1. The van der Waals surface area contributed by atoms with Crippen molar-refractivity contribution in [3.05, 3.63) is 56.0 Å². The second kappa shape index (κ2) is 13.4. The van der Waals surface area contributed by atoms with E-state index in [4.69, 9.17) is 25.8 Å². The lowest BCUT2D eigenvalue weighted by atomic mass is 9.87. The largest absolute Gasteiger partial charge is 0.490 e. The molecule has 42 heavy (non-hydrogen) atoms. The maximum Gasteiger partial charge on any atom is 0.253 e. The fourth-order valence-corrected chi connectivity index (χ4v) is 6.96. The van der Waals surface area contributed by atoms with Crippen LogP contribution in [0.25, 0.3) is 0 Å². The summed E-state index contributed by atoms with van der Waals surface area (Å²) in [5, 5.41) is 3.33. The lowest BCUT2D eigenvalue weighted by Crippen LogP contribution is -2.56. The minimum atomic E-state index is -0.336. The zero-order valence-electron chi connectivity index (χ0n) is 25.5. The summed E-state index contributed by atoms with van der Waals surface area (Å²) < 4.78 is 18.0. The van der Waals surface area contributed by atoms with E-state index in [0.717, 1.165) is 62.3 Å². The van der Waals surface area contributed by atoms with E-state index in [1.54, 1.807) is 6.07 Å². The minimum Gasteiger partial charge on any atom is -0.490 e. The van der Waals surface area contributed by atoms with Gasteiger partial charge in [-0.1, -0.05) is 11.6 Å². The number of nitrogens with zero attached hydrogens (tertiary/aromatic N) is 2. The highest BCUT2D eigenvalue weighted by Crippen LogP contribution is 2.39. The molecule has 1 aromatic carbocycles. The number of hydrogen-bond donors (Lipinski definition) is 2.